The van der Waals surface area contributed by atoms with Crippen molar-refractivity contribution in [1.82, 2.24) is 10.6 Å². The summed E-state index contributed by atoms with van der Waals surface area (Å²) in [5.74, 6) is 0.479. The molecule has 0 radical (unpaired) electrons. The first kappa shape index (κ1) is 18.7. The maximum Gasteiger partial charge on any atom is 0.249 e. The molecule has 0 spiro atoms. The van der Waals surface area contributed by atoms with Crippen LogP contribution >= 0.6 is 0 Å². The van der Waals surface area contributed by atoms with Gasteiger partial charge in [0.15, 0.2) is 0 Å². The number of ether oxygens (including phenoxy) is 2. The van der Waals surface area contributed by atoms with Crippen molar-refractivity contribution in [2.75, 3.05) is 45.4 Å². The molecule has 2 N–H and O–H groups in total. The Balaban J connectivity index is 1.71. The van der Waals surface area contributed by atoms with Crippen LogP contribution in [-0.4, -0.2) is 58.3 Å². The van der Waals surface area contributed by atoms with Gasteiger partial charge >= 0.3 is 0 Å². The van der Waals surface area contributed by atoms with Crippen LogP contribution in [-0.2, 0) is 14.3 Å². The Morgan fingerprint density at radius 2 is 2.04 bits per heavy atom. The van der Waals surface area contributed by atoms with Gasteiger partial charge in [-0.15, -0.1) is 0 Å². The summed E-state index contributed by atoms with van der Waals surface area (Å²) in [7, 11) is 3.20. The van der Waals surface area contributed by atoms with E-state index in [9.17, 15) is 9.59 Å². The summed E-state index contributed by atoms with van der Waals surface area (Å²) in [6.07, 6.45) is 2.01. The van der Waals surface area contributed by atoms with Gasteiger partial charge in [-0.05, 0) is 44.5 Å². The van der Waals surface area contributed by atoms with Gasteiger partial charge in [0.25, 0.3) is 0 Å². The summed E-state index contributed by atoms with van der Waals surface area (Å²) >= 11 is 0. The highest BCUT2D eigenvalue weighted by atomic mass is 16.5. The summed E-state index contributed by atoms with van der Waals surface area (Å²) in [6.45, 7) is 2.49. The Hall–Kier alpha value is -2.12. The first-order chi connectivity index (χ1) is 12.6. The van der Waals surface area contributed by atoms with Gasteiger partial charge in [-0.1, -0.05) is 12.1 Å². The molecule has 26 heavy (non-hydrogen) atoms. The van der Waals surface area contributed by atoms with Crippen LogP contribution in [0.4, 0.5) is 5.69 Å². The van der Waals surface area contributed by atoms with E-state index in [2.05, 4.69) is 10.6 Å². The van der Waals surface area contributed by atoms with E-state index < -0.39 is 11.5 Å². The molecule has 1 unspecified atom stereocenters. The summed E-state index contributed by atoms with van der Waals surface area (Å²) in [5.41, 5.74) is 0.184. The number of piperidine rings is 1. The molecule has 1 aromatic rings. The molecule has 7 heteroatoms. The van der Waals surface area contributed by atoms with Crippen LogP contribution in [0, 0.1) is 5.41 Å². The second kappa shape index (κ2) is 8.05. The predicted octanol–water partition coefficient (Wildman–Crippen LogP) is 0.933. The Morgan fingerprint density at radius 1 is 1.31 bits per heavy atom. The second-order valence-corrected chi connectivity index (χ2v) is 6.94. The van der Waals surface area contributed by atoms with Crippen LogP contribution in [0.3, 0.4) is 0 Å². The van der Waals surface area contributed by atoms with Crippen molar-refractivity contribution in [2.45, 2.75) is 25.3 Å². The van der Waals surface area contributed by atoms with Gasteiger partial charge in [0, 0.05) is 13.7 Å². The molecule has 3 rings (SSSR count). The van der Waals surface area contributed by atoms with Crippen molar-refractivity contribution < 1.29 is 19.1 Å². The number of nitrogens with one attached hydrogen (secondary N) is 2. The molecule has 1 aromatic carbocycles. The van der Waals surface area contributed by atoms with E-state index >= 15 is 0 Å². The number of carbonyl (C=O) groups excluding carboxylic acids is 2. The lowest BCUT2D eigenvalue weighted by Crippen LogP contribution is -2.53. The number of hydrogen-bond acceptors (Lipinski definition) is 5. The van der Waals surface area contributed by atoms with Crippen molar-refractivity contribution >= 4 is 17.5 Å². The topological polar surface area (TPSA) is 79.9 Å². The van der Waals surface area contributed by atoms with Crippen LogP contribution < -0.4 is 20.3 Å². The van der Waals surface area contributed by atoms with Crippen LogP contribution in [0.2, 0.25) is 0 Å². The molecule has 2 aliphatic heterocycles. The summed E-state index contributed by atoms with van der Waals surface area (Å²) in [5, 5.41) is 6.25. The fourth-order valence-electron chi connectivity index (χ4n) is 3.84. The number of hydrogen-bond donors (Lipinski definition) is 2. The third-order valence-corrected chi connectivity index (χ3v) is 5.35. The number of para-hydroxylation sites is 2. The molecule has 142 valence electrons. The Kier molecular flexibility index (Phi) is 5.78. The van der Waals surface area contributed by atoms with Gasteiger partial charge in [0.05, 0.1) is 24.8 Å². The molecule has 0 aromatic heterocycles. The maximum atomic E-state index is 13.0. The molecule has 2 fully saturated rings. The molecule has 0 saturated carbocycles. The standard InChI is InChI=1S/C19H27N3O4/c1-25-13-19(8-10-20-11-9-19)18(24)21-14-7-12-22(17(14)23)15-5-3-4-6-16(15)26-2/h3-6,14,20H,7-13H2,1-2H3,(H,21,24). The fourth-order valence-corrected chi connectivity index (χ4v) is 3.84. The molecular formula is C19H27N3O4. The zero-order valence-electron chi connectivity index (χ0n) is 15.4. The van der Waals surface area contributed by atoms with E-state index in [0.29, 0.717) is 38.2 Å². The Bertz CT molecular complexity index is 652. The predicted molar refractivity (Wildman–Crippen MR) is 98.3 cm³/mol. The van der Waals surface area contributed by atoms with Gasteiger partial charge in [-0.3, -0.25) is 9.59 Å². The highest BCUT2D eigenvalue weighted by Gasteiger charge is 2.43. The van der Waals surface area contributed by atoms with E-state index in [1.165, 1.54) is 0 Å². The molecule has 0 aliphatic carbocycles. The monoisotopic (exact) mass is 361 g/mol. The zero-order chi connectivity index (χ0) is 18.6. The molecule has 2 saturated heterocycles. The molecule has 1 atom stereocenters. The lowest BCUT2D eigenvalue weighted by atomic mass is 9.78. The van der Waals surface area contributed by atoms with E-state index in [0.717, 1.165) is 18.8 Å². The SMILES string of the molecule is COCC1(C(=O)NC2CCN(c3ccccc3OC)C2=O)CCNCC1. The third kappa shape index (κ3) is 3.54. The minimum Gasteiger partial charge on any atom is -0.495 e. The van der Waals surface area contributed by atoms with Crippen LogP contribution in [0.15, 0.2) is 24.3 Å². The van der Waals surface area contributed by atoms with Gasteiger partial charge in [-0.25, -0.2) is 0 Å². The number of amides is 2. The van der Waals surface area contributed by atoms with Crippen molar-refractivity contribution in [2.24, 2.45) is 5.41 Å². The quantitative estimate of drug-likeness (QED) is 0.788. The number of rotatable bonds is 6. The number of anilines is 1. The van der Waals surface area contributed by atoms with E-state index in [4.69, 9.17) is 9.47 Å². The lowest BCUT2D eigenvalue weighted by Gasteiger charge is -2.36. The highest BCUT2D eigenvalue weighted by molar-refractivity contribution is 6.02. The van der Waals surface area contributed by atoms with E-state index in [1.807, 2.05) is 24.3 Å². The van der Waals surface area contributed by atoms with Crippen molar-refractivity contribution in [3.05, 3.63) is 24.3 Å². The van der Waals surface area contributed by atoms with Gasteiger partial charge in [0.2, 0.25) is 11.8 Å². The molecule has 0 bridgehead atoms. The van der Waals surface area contributed by atoms with Crippen molar-refractivity contribution in [3.8, 4) is 5.75 Å². The molecule has 2 aliphatic rings. The molecule has 7 nitrogen and oxygen atoms in total. The first-order valence-corrected chi connectivity index (χ1v) is 9.06. The number of methoxy groups -OCH3 is 2. The second-order valence-electron chi connectivity index (χ2n) is 6.94. The largest absolute Gasteiger partial charge is 0.495 e. The first-order valence-electron chi connectivity index (χ1n) is 9.06. The summed E-state index contributed by atoms with van der Waals surface area (Å²) < 4.78 is 10.7. The molecular weight excluding hydrogens is 334 g/mol. The number of nitrogens with zero attached hydrogens (tertiary/aromatic N) is 1. The number of carbonyl (C=O) groups is 2. The van der Waals surface area contributed by atoms with Crippen LogP contribution in [0.5, 0.6) is 5.75 Å². The molecule has 2 amide bonds. The smallest absolute Gasteiger partial charge is 0.249 e. The zero-order valence-corrected chi connectivity index (χ0v) is 15.4. The number of benzene rings is 1. The van der Waals surface area contributed by atoms with Crippen LogP contribution in [0.25, 0.3) is 0 Å². The van der Waals surface area contributed by atoms with Gasteiger partial charge < -0.3 is 25.0 Å². The van der Waals surface area contributed by atoms with Crippen molar-refractivity contribution in [1.29, 1.82) is 0 Å². The Morgan fingerprint density at radius 3 is 2.73 bits per heavy atom. The average Bonchev–Trinajstić information content (AvgIpc) is 3.03. The molecule has 2 heterocycles. The minimum atomic E-state index is -0.557. The van der Waals surface area contributed by atoms with E-state index in [1.54, 1.807) is 19.1 Å². The lowest BCUT2D eigenvalue weighted by molar-refractivity contribution is -0.138. The minimum absolute atomic E-state index is 0.0823. The summed E-state index contributed by atoms with van der Waals surface area (Å²) in [4.78, 5) is 27.5. The average molecular weight is 361 g/mol. The van der Waals surface area contributed by atoms with Gasteiger partial charge in [-0.2, -0.15) is 0 Å². The van der Waals surface area contributed by atoms with Gasteiger partial charge in [0.1, 0.15) is 11.8 Å². The normalized spacial score (nSPS) is 22.3. The Labute approximate surface area is 154 Å². The fraction of sp³-hybridized carbons (Fsp3) is 0.579. The third-order valence-electron chi connectivity index (χ3n) is 5.35. The van der Waals surface area contributed by atoms with Crippen LogP contribution in [0.1, 0.15) is 19.3 Å². The van der Waals surface area contributed by atoms with Crippen molar-refractivity contribution in [3.63, 3.8) is 0 Å². The van der Waals surface area contributed by atoms with E-state index in [-0.39, 0.29) is 11.8 Å². The summed E-state index contributed by atoms with van der Waals surface area (Å²) in [6, 6.07) is 6.93. The highest BCUT2D eigenvalue weighted by Crippen LogP contribution is 2.33. The maximum absolute atomic E-state index is 13.0.